The quantitative estimate of drug-likeness (QED) is 0.155. The van der Waals surface area contributed by atoms with Gasteiger partial charge < -0.3 is 14.2 Å². The number of carbonyl (C=O) groups excluding carboxylic acids is 1. The summed E-state index contributed by atoms with van der Waals surface area (Å²) in [4.78, 5) is 30.5. The second-order valence-corrected chi connectivity index (χ2v) is 8.87. The average molecular weight is 519 g/mol. The zero-order chi connectivity index (χ0) is 26.4. The minimum Gasteiger partial charge on any atom is -0.493 e. The fraction of sp³-hybridized carbons (Fsp3) is 0.185. The number of rotatable bonds is 9. The summed E-state index contributed by atoms with van der Waals surface area (Å²) in [6.07, 6.45) is 1.48. The van der Waals surface area contributed by atoms with Gasteiger partial charge in [0, 0.05) is 5.56 Å². The SMILES string of the molecule is COc1cc(C=NNC(=O)CSc2nc3ccccc3c(=O)n2-c2ccc(C)cc2)cc(OC)c1OC. The maximum atomic E-state index is 13.3. The average Bonchev–Trinajstić information content (AvgIpc) is 2.92. The highest BCUT2D eigenvalue weighted by atomic mass is 32.2. The number of aromatic nitrogens is 2. The maximum Gasteiger partial charge on any atom is 0.266 e. The minimum absolute atomic E-state index is 0.00321. The predicted octanol–water partition coefficient (Wildman–Crippen LogP) is 3.96. The monoisotopic (exact) mass is 518 g/mol. The first-order valence-electron chi connectivity index (χ1n) is 11.3. The summed E-state index contributed by atoms with van der Waals surface area (Å²) in [5.74, 6) is 1.06. The van der Waals surface area contributed by atoms with Crippen molar-refractivity contribution in [2.45, 2.75) is 12.1 Å². The van der Waals surface area contributed by atoms with Gasteiger partial charge in [-0.25, -0.2) is 10.4 Å². The summed E-state index contributed by atoms with van der Waals surface area (Å²) in [6, 6.07) is 18.2. The molecule has 37 heavy (non-hydrogen) atoms. The Balaban J connectivity index is 1.53. The zero-order valence-electron chi connectivity index (χ0n) is 20.8. The second kappa shape index (κ2) is 11.6. The van der Waals surface area contributed by atoms with Gasteiger partial charge in [-0.1, -0.05) is 41.6 Å². The van der Waals surface area contributed by atoms with Crippen LogP contribution in [-0.2, 0) is 4.79 Å². The molecule has 0 bridgehead atoms. The normalized spacial score (nSPS) is 11.0. The van der Waals surface area contributed by atoms with Crippen molar-refractivity contribution in [3.05, 3.63) is 82.1 Å². The van der Waals surface area contributed by atoms with E-state index in [4.69, 9.17) is 14.2 Å². The van der Waals surface area contributed by atoms with E-state index in [-0.39, 0.29) is 17.2 Å². The van der Waals surface area contributed by atoms with E-state index < -0.39 is 0 Å². The number of hydrazone groups is 1. The lowest BCUT2D eigenvalue weighted by atomic mass is 10.2. The standard InChI is InChI=1S/C27H26N4O5S/c1-17-9-11-19(12-10-17)31-26(33)20-7-5-6-8-21(20)29-27(31)37-16-24(32)30-28-15-18-13-22(34-2)25(36-4)23(14-18)35-3/h5-15H,16H2,1-4H3,(H,30,32). The molecule has 4 aromatic rings. The molecule has 9 nitrogen and oxygen atoms in total. The van der Waals surface area contributed by atoms with Crippen molar-refractivity contribution in [3.63, 3.8) is 0 Å². The van der Waals surface area contributed by atoms with Gasteiger partial charge in [-0.05, 0) is 43.3 Å². The van der Waals surface area contributed by atoms with E-state index in [1.807, 2.05) is 37.3 Å². The van der Waals surface area contributed by atoms with E-state index >= 15 is 0 Å². The first kappa shape index (κ1) is 25.8. The number of aryl methyl sites for hydroxylation is 1. The summed E-state index contributed by atoms with van der Waals surface area (Å²) in [5, 5.41) is 4.96. The molecule has 0 unspecified atom stereocenters. The summed E-state index contributed by atoms with van der Waals surface area (Å²) in [7, 11) is 4.57. The van der Waals surface area contributed by atoms with Gasteiger partial charge in [-0.3, -0.25) is 14.2 Å². The van der Waals surface area contributed by atoms with Crippen molar-refractivity contribution in [1.29, 1.82) is 0 Å². The number of benzene rings is 3. The smallest absolute Gasteiger partial charge is 0.266 e. The third-order valence-electron chi connectivity index (χ3n) is 5.46. The molecule has 4 rings (SSSR count). The highest BCUT2D eigenvalue weighted by molar-refractivity contribution is 7.99. The number of nitrogens with zero attached hydrogens (tertiary/aromatic N) is 3. The molecule has 0 saturated carbocycles. The van der Waals surface area contributed by atoms with Crippen molar-refractivity contribution in [1.82, 2.24) is 15.0 Å². The Kier molecular flexibility index (Phi) is 8.09. The summed E-state index contributed by atoms with van der Waals surface area (Å²) in [6.45, 7) is 1.98. The molecule has 1 heterocycles. The van der Waals surface area contributed by atoms with Crippen LogP contribution in [0.5, 0.6) is 17.2 Å². The number of thioether (sulfide) groups is 1. The molecule has 0 saturated heterocycles. The Hall–Kier alpha value is -4.31. The van der Waals surface area contributed by atoms with Gasteiger partial charge in [0.15, 0.2) is 16.7 Å². The minimum atomic E-state index is -0.355. The molecule has 0 radical (unpaired) electrons. The number of carbonyl (C=O) groups is 1. The predicted molar refractivity (Wildman–Crippen MR) is 145 cm³/mol. The summed E-state index contributed by atoms with van der Waals surface area (Å²) < 4.78 is 17.5. The number of methoxy groups -OCH3 is 3. The first-order valence-corrected chi connectivity index (χ1v) is 12.3. The van der Waals surface area contributed by atoms with Crippen molar-refractivity contribution >= 4 is 34.8 Å². The Morgan fingerprint density at radius 2 is 1.70 bits per heavy atom. The number of amides is 1. The van der Waals surface area contributed by atoms with E-state index in [9.17, 15) is 9.59 Å². The first-order chi connectivity index (χ1) is 17.9. The molecular weight excluding hydrogens is 492 g/mol. The van der Waals surface area contributed by atoms with Crippen LogP contribution in [0, 0.1) is 6.92 Å². The lowest BCUT2D eigenvalue weighted by Crippen LogP contribution is -2.24. The van der Waals surface area contributed by atoms with Gasteiger partial charge in [-0.2, -0.15) is 5.10 Å². The van der Waals surface area contributed by atoms with Crippen LogP contribution in [0.1, 0.15) is 11.1 Å². The molecular formula is C27H26N4O5S. The van der Waals surface area contributed by atoms with Gasteiger partial charge in [0.05, 0.1) is 49.9 Å². The maximum absolute atomic E-state index is 13.3. The molecule has 10 heteroatoms. The summed E-state index contributed by atoms with van der Waals surface area (Å²) >= 11 is 1.16. The van der Waals surface area contributed by atoms with E-state index in [1.54, 1.807) is 30.3 Å². The highest BCUT2D eigenvalue weighted by Gasteiger charge is 2.15. The lowest BCUT2D eigenvalue weighted by Gasteiger charge is -2.13. The molecule has 0 aliphatic heterocycles. The van der Waals surface area contributed by atoms with E-state index in [2.05, 4.69) is 15.5 Å². The molecule has 3 aromatic carbocycles. The molecule has 0 fully saturated rings. The molecule has 1 N–H and O–H groups in total. The van der Waals surface area contributed by atoms with Gasteiger partial charge in [-0.15, -0.1) is 0 Å². The molecule has 0 spiro atoms. The van der Waals surface area contributed by atoms with Gasteiger partial charge >= 0.3 is 0 Å². The zero-order valence-corrected chi connectivity index (χ0v) is 21.7. The van der Waals surface area contributed by atoms with Crippen molar-refractivity contribution in [3.8, 4) is 22.9 Å². The molecule has 1 amide bonds. The summed E-state index contributed by atoms with van der Waals surface area (Å²) in [5.41, 5.74) is 5.27. The van der Waals surface area contributed by atoms with Crippen LogP contribution in [0.25, 0.3) is 16.6 Å². The Morgan fingerprint density at radius 1 is 1.03 bits per heavy atom. The number of hydrogen-bond donors (Lipinski definition) is 1. The molecule has 0 atom stereocenters. The van der Waals surface area contributed by atoms with Crippen LogP contribution < -0.4 is 25.2 Å². The van der Waals surface area contributed by atoms with E-state index in [0.29, 0.717) is 44.6 Å². The van der Waals surface area contributed by atoms with Crippen LogP contribution in [0.4, 0.5) is 0 Å². The van der Waals surface area contributed by atoms with Crippen LogP contribution in [0.2, 0.25) is 0 Å². The van der Waals surface area contributed by atoms with Crippen LogP contribution in [0.15, 0.2) is 75.7 Å². The number of fused-ring (bicyclic) bond motifs is 1. The van der Waals surface area contributed by atoms with Gasteiger partial charge in [0.1, 0.15) is 0 Å². The van der Waals surface area contributed by atoms with Crippen LogP contribution in [0.3, 0.4) is 0 Å². The van der Waals surface area contributed by atoms with E-state index in [0.717, 1.165) is 17.3 Å². The van der Waals surface area contributed by atoms with Crippen molar-refractivity contribution in [2.24, 2.45) is 5.10 Å². The largest absolute Gasteiger partial charge is 0.493 e. The van der Waals surface area contributed by atoms with Crippen molar-refractivity contribution in [2.75, 3.05) is 27.1 Å². The number of hydrogen-bond acceptors (Lipinski definition) is 8. The Labute approximate surface area is 218 Å². The van der Waals surface area contributed by atoms with Crippen molar-refractivity contribution < 1.29 is 19.0 Å². The molecule has 0 aliphatic carbocycles. The fourth-order valence-electron chi connectivity index (χ4n) is 3.65. The lowest BCUT2D eigenvalue weighted by molar-refractivity contribution is -0.118. The number of ether oxygens (including phenoxy) is 3. The van der Waals surface area contributed by atoms with Crippen LogP contribution >= 0.6 is 11.8 Å². The molecule has 0 aliphatic rings. The molecule has 1 aromatic heterocycles. The van der Waals surface area contributed by atoms with Gasteiger partial charge in [0.25, 0.3) is 11.5 Å². The van der Waals surface area contributed by atoms with E-state index in [1.165, 1.54) is 32.1 Å². The third kappa shape index (κ3) is 5.75. The topological polar surface area (TPSA) is 104 Å². The second-order valence-electron chi connectivity index (χ2n) is 7.93. The molecule has 190 valence electrons. The fourth-order valence-corrected chi connectivity index (χ4v) is 4.45. The van der Waals surface area contributed by atoms with Gasteiger partial charge in [0.2, 0.25) is 5.75 Å². The third-order valence-corrected chi connectivity index (χ3v) is 6.40. The van der Waals surface area contributed by atoms with Crippen LogP contribution in [-0.4, -0.2) is 48.8 Å². The number of nitrogens with one attached hydrogen (secondary N) is 1. The Morgan fingerprint density at radius 3 is 2.35 bits per heavy atom. The number of para-hydroxylation sites is 1. The Bertz CT molecular complexity index is 1490. The highest BCUT2D eigenvalue weighted by Crippen LogP contribution is 2.37.